The van der Waals surface area contributed by atoms with Crippen molar-refractivity contribution in [2.24, 2.45) is 0 Å². The van der Waals surface area contributed by atoms with Gasteiger partial charge in [-0.2, -0.15) is 9.59 Å². The van der Waals surface area contributed by atoms with Crippen LogP contribution in [-0.2, 0) is 9.59 Å². The molecule has 0 fully saturated rings. The summed E-state index contributed by atoms with van der Waals surface area (Å²) in [6.07, 6.45) is 3.59. The van der Waals surface area contributed by atoms with Gasteiger partial charge in [0, 0.05) is 5.56 Å². The van der Waals surface area contributed by atoms with Gasteiger partial charge in [-0.25, -0.2) is 9.67 Å². The van der Waals surface area contributed by atoms with Crippen molar-refractivity contribution in [2.75, 3.05) is 0 Å². The molecule has 0 saturated carbocycles. The van der Waals surface area contributed by atoms with Crippen molar-refractivity contribution < 1.29 is 14.0 Å². The Kier molecular flexibility index (Phi) is 5.93. The molecule has 0 radical (unpaired) electrons. The third-order valence-electron chi connectivity index (χ3n) is 4.62. The van der Waals surface area contributed by atoms with Gasteiger partial charge in [0.15, 0.2) is 11.6 Å². The van der Waals surface area contributed by atoms with Crippen LogP contribution >= 0.6 is 0 Å². The molecule has 2 aromatic heterocycles. The van der Waals surface area contributed by atoms with E-state index in [4.69, 9.17) is 24.1 Å². The minimum atomic E-state index is 0.250. The average Bonchev–Trinajstić information content (AvgIpc) is 3.51. The van der Waals surface area contributed by atoms with Gasteiger partial charge in [-0.3, -0.25) is 0 Å². The van der Waals surface area contributed by atoms with Crippen molar-refractivity contribution in [1.82, 2.24) is 14.8 Å². The number of carbonyl (C=O) groups excluding carboxylic acids is 2. The maximum atomic E-state index is 8.12. The molecule has 6 nitrogen and oxygen atoms in total. The molecular weight excluding hydrogens is 390 g/mol. The maximum absolute atomic E-state index is 8.12. The van der Waals surface area contributed by atoms with Gasteiger partial charge < -0.3 is 4.42 Å². The summed E-state index contributed by atoms with van der Waals surface area (Å²) in [7, 11) is 0. The smallest absolute Gasteiger partial charge is 0.373 e. The number of furan rings is 1. The van der Waals surface area contributed by atoms with Crippen LogP contribution in [0.25, 0.3) is 39.6 Å². The number of nitrogens with zero attached hydrogens (tertiary/aromatic N) is 3. The van der Waals surface area contributed by atoms with E-state index in [0.717, 1.165) is 28.2 Å². The van der Waals surface area contributed by atoms with Crippen molar-refractivity contribution in [3.63, 3.8) is 0 Å². The number of hydrogen-bond acceptors (Lipinski definition) is 5. The molecule has 0 aliphatic heterocycles. The van der Waals surface area contributed by atoms with E-state index in [0.29, 0.717) is 5.82 Å². The summed E-state index contributed by atoms with van der Waals surface area (Å²) in [6, 6.07) is 30.5. The Morgan fingerprint density at radius 1 is 0.710 bits per heavy atom. The summed E-state index contributed by atoms with van der Waals surface area (Å²) in [4.78, 5) is 21.1. The lowest BCUT2D eigenvalue weighted by Crippen LogP contribution is -1.98. The first-order valence-corrected chi connectivity index (χ1v) is 9.50. The van der Waals surface area contributed by atoms with Crippen LogP contribution < -0.4 is 0 Å². The minimum absolute atomic E-state index is 0.250. The fourth-order valence-corrected chi connectivity index (χ4v) is 3.23. The second-order valence-corrected chi connectivity index (χ2v) is 6.55. The lowest BCUT2D eigenvalue weighted by Gasteiger charge is -2.04. The van der Waals surface area contributed by atoms with Crippen molar-refractivity contribution in [3.8, 4) is 39.6 Å². The number of hydrogen-bond donors (Lipinski definition) is 0. The average molecular weight is 407 g/mol. The van der Waals surface area contributed by atoms with Gasteiger partial charge in [0.2, 0.25) is 0 Å². The Labute approximate surface area is 178 Å². The molecule has 2 heterocycles. The quantitative estimate of drug-likeness (QED) is 0.405. The molecule has 6 heteroatoms. The predicted molar refractivity (Wildman–Crippen MR) is 115 cm³/mol. The normalized spacial score (nSPS) is 10.1. The first kappa shape index (κ1) is 19.8. The molecule has 0 atom stereocenters. The Bertz CT molecular complexity index is 1290. The van der Waals surface area contributed by atoms with Gasteiger partial charge in [0.25, 0.3) is 0 Å². The summed E-state index contributed by atoms with van der Waals surface area (Å²) in [5.74, 6) is 1.43. The van der Waals surface area contributed by atoms with Crippen LogP contribution in [0.5, 0.6) is 0 Å². The topological polar surface area (TPSA) is 78.0 Å². The van der Waals surface area contributed by atoms with E-state index in [2.05, 4.69) is 24.3 Å². The van der Waals surface area contributed by atoms with Gasteiger partial charge in [-0.1, -0.05) is 66.7 Å². The van der Waals surface area contributed by atoms with Crippen LogP contribution in [0, 0.1) is 0 Å². The van der Waals surface area contributed by atoms with Crippen molar-refractivity contribution >= 4 is 6.15 Å². The van der Waals surface area contributed by atoms with Crippen LogP contribution in [0.2, 0.25) is 0 Å². The first-order valence-electron chi connectivity index (χ1n) is 9.50. The zero-order valence-corrected chi connectivity index (χ0v) is 16.4. The van der Waals surface area contributed by atoms with Crippen molar-refractivity contribution in [1.29, 1.82) is 0 Å². The van der Waals surface area contributed by atoms with Crippen LogP contribution in [0.3, 0.4) is 0 Å². The minimum Gasteiger partial charge on any atom is -0.472 e. The molecule has 5 aromatic rings. The molecular formula is C25H17N3O3. The third-order valence-corrected chi connectivity index (χ3v) is 4.62. The molecule has 0 spiro atoms. The zero-order valence-electron chi connectivity index (χ0n) is 16.4. The molecule has 0 N–H and O–H groups in total. The van der Waals surface area contributed by atoms with E-state index < -0.39 is 0 Å². The molecule has 3 aromatic carbocycles. The third kappa shape index (κ3) is 4.40. The summed E-state index contributed by atoms with van der Waals surface area (Å²) >= 11 is 0. The highest BCUT2D eigenvalue weighted by molar-refractivity contribution is 5.71. The fraction of sp³-hybridized carbons (Fsp3) is 0. The van der Waals surface area contributed by atoms with Crippen LogP contribution in [0.4, 0.5) is 0 Å². The molecule has 0 saturated heterocycles. The SMILES string of the molecule is O=C=O.c1ccc(-c2cccc(-c3nc(-c4ccoc4)n(-c4ccccc4)n3)c2)cc1. The number of aromatic nitrogens is 3. The lowest BCUT2D eigenvalue weighted by molar-refractivity contribution is -0.191. The zero-order chi connectivity index (χ0) is 21.5. The molecule has 5 rings (SSSR count). The second-order valence-electron chi connectivity index (χ2n) is 6.55. The Morgan fingerprint density at radius 2 is 1.35 bits per heavy atom. The highest BCUT2D eigenvalue weighted by Gasteiger charge is 2.16. The van der Waals surface area contributed by atoms with Crippen molar-refractivity contribution in [2.45, 2.75) is 0 Å². The molecule has 0 amide bonds. The lowest BCUT2D eigenvalue weighted by atomic mass is 10.0. The van der Waals surface area contributed by atoms with E-state index in [9.17, 15) is 0 Å². The van der Waals surface area contributed by atoms with E-state index in [-0.39, 0.29) is 6.15 Å². The van der Waals surface area contributed by atoms with Gasteiger partial charge >= 0.3 is 6.15 Å². The Morgan fingerprint density at radius 3 is 2.03 bits per heavy atom. The summed E-state index contributed by atoms with van der Waals surface area (Å²) in [6.45, 7) is 0. The predicted octanol–water partition coefficient (Wildman–Crippen LogP) is 5.28. The first-order chi connectivity index (χ1) is 15.3. The van der Waals surface area contributed by atoms with Crippen molar-refractivity contribution in [3.05, 3.63) is 104 Å². The summed E-state index contributed by atoms with van der Waals surface area (Å²) in [5.41, 5.74) is 5.13. The maximum Gasteiger partial charge on any atom is 0.373 e. The van der Waals surface area contributed by atoms with Gasteiger partial charge in [0.05, 0.1) is 17.5 Å². The van der Waals surface area contributed by atoms with Gasteiger partial charge in [-0.05, 0) is 35.4 Å². The number of para-hydroxylation sites is 1. The monoisotopic (exact) mass is 407 g/mol. The highest BCUT2D eigenvalue weighted by atomic mass is 16.3. The van der Waals surface area contributed by atoms with Crippen LogP contribution in [0.15, 0.2) is 108 Å². The summed E-state index contributed by atoms with van der Waals surface area (Å²) < 4.78 is 7.13. The Hall–Kier alpha value is -4.54. The van der Waals surface area contributed by atoms with Gasteiger partial charge in [0.1, 0.15) is 6.26 Å². The fourth-order valence-electron chi connectivity index (χ4n) is 3.23. The standard InChI is InChI=1S/C24H17N3O.CO2/c1-3-8-18(9-4-1)19-10-7-11-20(16-19)23-25-24(21-14-15-28-17-21)27(26-23)22-12-5-2-6-13-22;2-1-3/h1-17H;. The van der Waals surface area contributed by atoms with Gasteiger partial charge in [-0.15, -0.1) is 5.10 Å². The van der Waals surface area contributed by atoms with E-state index >= 15 is 0 Å². The molecule has 0 aliphatic rings. The van der Waals surface area contributed by atoms with E-state index in [1.165, 1.54) is 5.56 Å². The Balaban J connectivity index is 0.000000730. The molecule has 0 aliphatic carbocycles. The second kappa shape index (κ2) is 9.31. The largest absolute Gasteiger partial charge is 0.472 e. The van der Waals surface area contributed by atoms with Crippen LogP contribution in [-0.4, -0.2) is 20.9 Å². The van der Waals surface area contributed by atoms with Crippen LogP contribution in [0.1, 0.15) is 0 Å². The molecule has 0 unspecified atom stereocenters. The van der Waals surface area contributed by atoms with E-state index in [1.807, 2.05) is 71.4 Å². The van der Waals surface area contributed by atoms with E-state index in [1.54, 1.807) is 12.5 Å². The summed E-state index contributed by atoms with van der Waals surface area (Å²) in [5, 5.41) is 4.81. The number of benzene rings is 3. The molecule has 31 heavy (non-hydrogen) atoms. The molecule has 150 valence electrons. The highest BCUT2D eigenvalue weighted by Crippen LogP contribution is 2.28. The number of rotatable bonds is 4. The molecule has 0 bridgehead atoms.